The Bertz CT molecular complexity index is 277. The van der Waals surface area contributed by atoms with E-state index in [9.17, 15) is 0 Å². The van der Waals surface area contributed by atoms with Crippen LogP contribution in [0.2, 0.25) is 0 Å². The van der Waals surface area contributed by atoms with Crippen LogP contribution in [0, 0.1) is 0 Å². The third-order valence-corrected chi connectivity index (χ3v) is 1.57. The second-order valence-electron chi connectivity index (χ2n) is 3.03. The lowest BCUT2D eigenvalue weighted by Crippen LogP contribution is -2.27. The van der Waals surface area contributed by atoms with E-state index < -0.39 is 6.10 Å². The van der Waals surface area contributed by atoms with Gasteiger partial charge in [-0.1, -0.05) is 0 Å². The number of rotatable bonds is 3. The number of nitrogens with zero attached hydrogens (tertiary/aromatic N) is 3. The van der Waals surface area contributed by atoms with Crippen molar-refractivity contribution in [2.75, 3.05) is 24.2 Å². The van der Waals surface area contributed by atoms with Crippen LogP contribution < -0.4 is 10.6 Å². The van der Waals surface area contributed by atoms with Crippen molar-refractivity contribution in [2.24, 2.45) is 0 Å². The molecule has 0 aliphatic heterocycles. The van der Waals surface area contributed by atoms with E-state index in [1.54, 1.807) is 18.0 Å². The first-order valence-electron chi connectivity index (χ1n) is 4.06. The lowest BCUT2D eigenvalue weighted by atomic mass is 10.4. The average molecular weight is 182 g/mol. The zero-order valence-electron chi connectivity index (χ0n) is 7.81. The Hall–Kier alpha value is -1.36. The zero-order valence-corrected chi connectivity index (χ0v) is 7.81. The van der Waals surface area contributed by atoms with Gasteiger partial charge in [-0.15, -0.1) is 0 Å². The third kappa shape index (κ3) is 2.87. The van der Waals surface area contributed by atoms with Gasteiger partial charge in [0.2, 0.25) is 0 Å². The van der Waals surface area contributed by atoms with Gasteiger partial charge in [0.1, 0.15) is 11.6 Å². The molecule has 3 N–H and O–H groups in total. The number of anilines is 2. The summed E-state index contributed by atoms with van der Waals surface area (Å²) in [5.74, 6) is 1.05. The Morgan fingerprint density at radius 2 is 2.31 bits per heavy atom. The summed E-state index contributed by atoms with van der Waals surface area (Å²) in [6, 6.07) is 0. The molecule has 0 aliphatic carbocycles. The van der Waals surface area contributed by atoms with Crippen molar-refractivity contribution in [1.29, 1.82) is 0 Å². The van der Waals surface area contributed by atoms with E-state index in [2.05, 4.69) is 9.97 Å². The van der Waals surface area contributed by atoms with Gasteiger partial charge in [0, 0.05) is 13.6 Å². The summed E-state index contributed by atoms with van der Waals surface area (Å²) in [4.78, 5) is 9.76. The summed E-state index contributed by atoms with van der Waals surface area (Å²) in [5.41, 5.74) is 5.46. The predicted octanol–water partition coefficient (Wildman–Crippen LogP) is -0.124. The van der Waals surface area contributed by atoms with Gasteiger partial charge in [0.05, 0.1) is 18.5 Å². The molecule has 5 heteroatoms. The summed E-state index contributed by atoms with van der Waals surface area (Å²) in [6.45, 7) is 2.23. The summed E-state index contributed by atoms with van der Waals surface area (Å²) < 4.78 is 0. The highest BCUT2D eigenvalue weighted by atomic mass is 16.3. The van der Waals surface area contributed by atoms with E-state index in [1.807, 2.05) is 7.05 Å². The lowest BCUT2D eigenvalue weighted by molar-refractivity contribution is 0.201. The molecule has 72 valence electrons. The molecule has 0 saturated heterocycles. The lowest BCUT2D eigenvalue weighted by Gasteiger charge is -2.19. The standard InChI is InChI=1S/C8H14N4O/c1-6(13)5-12(2)8-4-10-3-7(9)11-8/h3-4,6,13H,5H2,1-2H3,(H2,9,11). The Kier molecular flexibility index (Phi) is 3.02. The fraction of sp³-hybridized carbons (Fsp3) is 0.500. The van der Waals surface area contributed by atoms with Crippen LogP contribution in [-0.2, 0) is 0 Å². The van der Waals surface area contributed by atoms with E-state index in [1.165, 1.54) is 6.20 Å². The minimum atomic E-state index is -0.395. The average Bonchev–Trinajstić information content (AvgIpc) is 2.03. The van der Waals surface area contributed by atoms with Crippen molar-refractivity contribution in [3.8, 4) is 0 Å². The maximum absolute atomic E-state index is 9.13. The van der Waals surface area contributed by atoms with Crippen molar-refractivity contribution in [3.63, 3.8) is 0 Å². The van der Waals surface area contributed by atoms with Crippen molar-refractivity contribution >= 4 is 11.6 Å². The van der Waals surface area contributed by atoms with E-state index in [0.29, 0.717) is 18.2 Å². The predicted molar refractivity (Wildman–Crippen MR) is 51.4 cm³/mol. The number of aromatic nitrogens is 2. The fourth-order valence-electron chi connectivity index (χ4n) is 1.04. The van der Waals surface area contributed by atoms with Gasteiger partial charge >= 0.3 is 0 Å². The molecule has 13 heavy (non-hydrogen) atoms. The van der Waals surface area contributed by atoms with Crippen LogP contribution in [0.25, 0.3) is 0 Å². The minimum absolute atomic E-state index is 0.384. The number of hydrogen-bond donors (Lipinski definition) is 2. The normalized spacial score (nSPS) is 12.5. The fourth-order valence-corrected chi connectivity index (χ4v) is 1.04. The monoisotopic (exact) mass is 182 g/mol. The smallest absolute Gasteiger partial charge is 0.149 e. The van der Waals surface area contributed by atoms with E-state index in [4.69, 9.17) is 10.8 Å². The second-order valence-corrected chi connectivity index (χ2v) is 3.03. The second kappa shape index (κ2) is 4.04. The highest BCUT2D eigenvalue weighted by molar-refractivity contribution is 5.40. The highest BCUT2D eigenvalue weighted by Crippen LogP contribution is 2.08. The van der Waals surface area contributed by atoms with Gasteiger partial charge in [0.25, 0.3) is 0 Å². The molecule has 0 aliphatic rings. The van der Waals surface area contributed by atoms with Crippen LogP contribution in [0.15, 0.2) is 12.4 Å². The summed E-state index contributed by atoms with van der Waals surface area (Å²) in [5, 5.41) is 9.13. The van der Waals surface area contributed by atoms with Gasteiger partial charge in [-0.05, 0) is 6.92 Å². The van der Waals surface area contributed by atoms with Gasteiger partial charge < -0.3 is 15.7 Å². The van der Waals surface area contributed by atoms with Gasteiger partial charge in [-0.2, -0.15) is 0 Å². The SMILES string of the molecule is CC(O)CN(C)c1cncc(N)n1. The molecule has 1 rings (SSSR count). The molecule has 0 aromatic carbocycles. The highest BCUT2D eigenvalue weighted by Gasteiger charge is 2.05. The Balaban J connectivity index is 2.71. The van der Waals surface area contributed by atoms with Crippen LogP contribution in [-0.4, -0.2) is 34.8 Å². The molecule has 1 unspecified atom stereocenters. The van der Waals surface area contributed by atoms with Crippen molar-refractivity contribution in [2.45, 2.75) is 13.0 Å². The minimum Gasteiger partial charge on any atom is -0.392 e. The maximum Gasteiger partial charge on any atom is 0.149 e. The van der Waals surface area contributed by atoms with Crippen molar-refractivity contribution in [3.05, 3.63) is 12.4 Å². The number of nitrogen functional groups attached to an aromatic ring is 1. The molecular formula is C8H14N4O. The molecule has 0 saturated carbocycles. The number of likely N-dealkylation sites (N-methyl/N-ethyl adjacent to an activating group) is 1. The Morgan fingerprint density at radius 3 is 2.85 bits per heavy atom. The van der Waals surface area contributed by atoms with Gasteiger partial charge in [-0.25, -0.2) is 4.98 Å². The quantitative estimate of drug-likeness (QED) is 0.681. The third-order valence-electron chi connectivity index (χ3n) is 1.57. The molecule has 1 aromatic heterocycles. The van der Waals surface area contributed by atoms with Crippen LogP contribution in [0.5, 0.6) is 0 Å². The van der Waals surface area contributed by atoms with Crippen LogP contribution in [0.3, 0.4) is 0 Å². The summed E-state index contributed by atoms with van der Waals surface area (Å²) in [7, 11) is 1.83. The first-order valence-corrected chi connectivity index (χ1v) is 4.06. The summed E-state index contributed by atoms with van der Waals surface area (Å²) >= 11 is 0. The topological polar surface area (TPSA) is 75.3 Å². The number of hydrogen-bond acceptors (Lipinski definition) is 5. The molecule has 0 amide bonds. The molecular weight excluding hydrogens is 168 g/mol. The number of nitrogens with two attached hydrogens (primary N) is 1. The summed E-state index contributed by atoms with van der Waals surface area (Å²) in [6.07, 6.45) is 2.70. The molecule has 1 heterocycles. The van der Waals surface area contributed by atoms with E-state index in [-0.39, 0.29) is 0 Å². The maximum atomic E-state index is 9.13. The van der Waals surface area contributed by atoms with E-state index >= 15 is 0 Å². The first-order chi connectivity index (χ1) is 6.09. The molecule has 0 fully saturated rings. The molecule has 1 atom stereocenters. The van der Waals surface area contributed by atoms with Gasteiger partial charge in [0.15, 0.2) is 0 Å². The Morgan fingerprint density at radius 1 is 1.62 bits per heavy atom. The van der Waals surface area contributed by atoms with Crippen molar-refractivity contribution in [1.82, 2.24) is 9.97 Å². The molecule has 0 radical (unpaired) electrons. The zero-order chi connectivity index (χ0) is 9.84. The van der Waals surface area contributed by atoms with Crippen LogP contribution >= 0.6 is 0 Å². The van der Waals surface area contributed by atoms with Crippen LogP contribution in [0.4, 0.5) is 11.6 Å². The first kappa shape index (κ1) is 9.73. The van der Waals surface area contributed by atoms with Gasteiger partial charge in [-0.3, -0.25) is 4.98 Å². The van der Waals surface area contributed by atoms with Crippen LogP contribution in [0.1, 0.15) is 6.92 Å². The largest absolute Gasteiger partial charge is 0.392 e. The molecule has 0 bridgehead atoms. The van der Waals surface area contributed by atoms with E-state index in [0.717, 1.165) is 0 Å². The van der Waals surface area contributed by atoms with Crippen molar-refractivity contribution < 1.29 is 5.11 Å². The molecule has 1 aromatic rings. The Labute approximate surface area is 77.2 Å². The molecule has 0 spiro atoms. The number of aliphatic hydroxyl groups excluding tert-OH is 1. The number of aliphatic hydroxyl groups is 1. The molecule has 5 nitrogen and oxygen atoms in total.